The van der Waals surface area contributed by atoms with Crippen molar-refractivity contribution in [2.24, 2.45) is 0 Å². The van der Waals surface area contributed by atoms with Crippen LogP contribution in [-0.4, -0.2) is 22.8 Å². The first-order valence-electron chi connectivity index (χ1n) is 6.67. The van der Waals surface area contributed by atoms with Crippen LogP contribution in [0.25, 0.3) is 0 Å². The molecule has 0 radical (unpaired) electrons. The predicted molar refractivity (Wildman–Crippen MR) is 71.5 cm³/mol. The lowest BCUT2D eigenvalue weighted by molar-refractivity contribution is -0.157. The minimum absolute atomic E-state index is 0.0145. The monoisotopic (exact) mass is 261 g/mol. The van der Waals surface area contributed by atoms with Crippen LogP contribution in [0.2, 0.25) is 0 Å². The molecule has 19 heavy (non-hydrogen) atoms. The number of carbonyl (C=O) groups excluding carboxylic acids is 2. The lowest BCUT2D eigenvalue weighted by Gasteiger charge is -2.28. The van der Waals surface area contributed by atoms with Gasteiger partial charge in [0.1, 0.15) is 0 Å². The summed E-state index contributed by atoms with van der Waals surface area (Å²) >= 11 is 0. The molecule has 1 aromatic carbocycles. The fraction of sp³-hybridized carbons (Fsp3) is 0.467. The lowest BCUT2D eigenvalue weighted by atomic mass is 10.1. The summed E-state index contributed by atoms with van der Waals surface area (Å²) in [6, 6.07) is 7.29. The highest BCUT2D eigenvalue weighted by Gasteiger charge is 2.40. The van der Waals surface area contributed by atoms with Crippen LogP contribution in [0.5, 0.6) is 0 Å². The number of benzene rings is 1. The number of rotatable bonds is 4. The van der Waals surface area contributed by atoms with Gasteiger partial charge >= 0.3 is 5.97 Å². The highest BCUT2D eigenvalue weighted by molar-refractivity contribution is 5.99. The molecule has 0 saturated heterocycles. The Kier molecular flexibility index (Phi) is 3.88. The Morgan fingerprint density at radius 1 is 1.37 bits per heavy atom. The summed E-state index contributed by atoms with van der Waals surface area (Å²) in [4.78, 5) is 25.7. The molecule has 0 aromatic heterocycles. The third-order valence-corrected chi connectivity index (χ3v) is 3.20. The van der Waals surface area contributed by atoms with E-state index in [1.807, 2.05) is 39.0 Å². The second-order valence-electron chi connectivity index (χ2n) is 4.99. The molecule has 102 valence electrons. The summed E-state index contributed by atoms with van der Waals surface area (Å²) in [5, 5.41) is 0. The van der Waals surface area contributed by atoms with E-state index in [1.165, 1.54) is 0 Å². The Morgan fingerprint density at radius 3 is 2.68 bits per heavy atom. The standard InChI is InChI=1S/C15H19NO3/c1-4-7-13(17)19-15-12-9-6-5-8-11(12)14(18)16(15)10(2)3/h5-6,8-10,15H,4,7H2,1-3H3. The maximum Gasteiger partial charge on any atom is 0.307 e. The zero-order valence-corrected chi connectivity index (χ0v) is 11.6. The number of carbonyl (C=O) groups is 2. The molecule has 4 heteroatoms. The van der Waals surface area contributed by atoms with Crippen molar-refractivity contribution in [3.63, 3.8) is 0 Å². The zero-order valence-electron chi connectivity index (χ0n) is 11.6. The van der Waals surface area contributed by atoms with E-state index in [9.17, 15) is 9.59 Å². The van der Waals surface area contributed by atoms with Crippen molar-refractivity contribution in [2.75, 3.05) is 0 Å². The summed E-state index contributed by atoms with van der Waals surface area (Å²) in [7, 11) is 0. The highest BCUT2D eigenvalue weighted by Crippen LogP contribution is 2.36. The van der Waals surface area contributed by atoms with E-state index in [1.54, 1.807) is 11.0 Å². The van der Waals surface area contributed by atoms with E-state index in [0.717, 1.165) is 12.0 Å². The Balaban J connectivity index is 2.32. The fourth-order valence-electron chi connectivity index (χ4n) is 2.32. The van der Waals surface area contributed by atoms with E-state index < -0.39 is 6.23 Å². The summed E-state index contributed by atoms with van der Waals surface area (Å²) in [5.74, 6) is -0.331. The van der Waals surface area contributed by atoms with Gasteiger partial charge in [-0.05, 0) is 26.3 Å². The van der Waals surface area contributed by atoms with Crippen LogP contribution in [0.3, 0.4) is 0 Å². The molecular weight excluding hydrogens is 242 g/mol. The Bertz CT molecular complexity index is 496. The minimum atomic E-state index is -0.581. The molecule has 1 aliphatic rings. The van der Waals surface area contributed by atoms with Crippen LogP contribution in [0, 0.1) is 0 Å². The van der Waals surface area contributed by atoms with Gasteiger partial charge in [-0.1, -0.05) is 25.1 Å². The third kappa shape index (κ3) is 2.48. The summed E-state index contributed by atoms with van der Waals surface area (Å²) in [6.45, 7) is 5.77. The van der Waals surface area contributed by atoms with E-state index >= 15 is 0 Å². The van der Waals surface area contributed by atoms with Crippen LogP contribution in [0.15, 0.2) is 24.3 Å². The van der Waals surface area contributed by atoms with Crippen molar-refractivity contribution in [3.8, 4) is 0 Å². The molecule has 2 rings (SSSR count). The van der Waals surface area contributed by atoms with E-state index in [2.05, 4.69) is 0 Å². The number of hydrogen-bond acceptors (Lipinski definition) is 3. The molecule has 1 unspecified atom stereocenters. The number of amides is 1. The topological polar surface area (TPSA) is 46.6 Å². The largest absolute Gasteiger partial charge is 0.437 e. The van der Waals surface area contributed by atoms with Gasteiger partial charge in [0.25, 0.3) is 5.91 Å². The van der Waals surface area contributed by atoms with Gasteiger partial charge in [0, 0.05) is 23.6 Å². The summed E-state index contributed by atoms with van der Waals surface area (Å²) in [6.07, 6.45) is 0.532. The fourth-order valence-corrected chi connectivity index (χ4v) is 2.32. The van der Waals surface area contributed by atoms with Gasteiger partial charge in [-0.3, -0.25) is 14.5 Å². The first-order valence-corrected chi connectivity index (χ1v) is 6.67. The van der Waals surface area contributed by atoms with E-state index in [4.69, 9.17) is 4.74 Å². The SMILES string of the molecule is CCCC(=O)OC1c2ccccc2C(=O)N1C(C)C. The van der Waals surface area contributed by atoms with Crippen molar-refractivity contribution in [1.82, 2.24) is 4.90 Å². The minimum Gasteiger partial charge on any atom is -0.437 e. The van der Waals surface area contributed by atoms with Gasteiger partial charge < -0.3 is 4.74 Å². The quantitative estimate of drug-likeness (QED) is 0.783. The second-order valence-corrected chi connectivity index (χ2v) is 4.99. The van der Waals surface area contributed by atoms with Crippen molar-refractivity contribution in [1.29, 1.82) is 0 Å². The number of nitrogens with zero attached hydrogens (tertiary/aromatic N) is 1. The molecule has 0 aliphatic carbocycles. The Labute approximate surface area is 113 Å². The smallest absolute Gasteiger partial charge is 0.307 e. The third-order valence-electron chi connectivity index (χ3n) is 3.20. The predicted octanol–water partition coefficient (Wildman–Crippen LogP) is 2.89. The number of hydrogen-bond donors (Lipinski definition) is 0. The molecule has 4 nitrogen and oxygen atoms in total. The van der Waals surface area contributed by atoms with Gasteiger partial charge in [0.2, 0.25) is 6.23 Å². The Hall–Kier alpha value is -1.84. The van der Waals surface area contributed by atoms with E-state index in [-0.39, 0.29) is 17.9 Å². The average molecular weight is 261 g/mol. The first-order chi connectivity index (χ1) is 9.06. The van der Waals surface area contributed by atoms with Crippen LogP contribution >= 0.6 is 0 Å². The summed E-state index contributed by atoms with van der Waals surface area (Å²) in [5.41, 5.74) is 1.41. The maximum absolute atomic E-state index is 12.3. The number of esters is 1. The van der Waals surface area contributed by atoms with Crippen molar-refractivity contribution in [2.45, 2.75) is 45.9 Å². The second kappa shape index (κ2) is 5.43. The molecule has 0 N–H and O–H groups in total. The van der Waals surface area contributed by atoms with Crippen LogP contribution < -0.4 is 0 Å². The molecule has 0 bridgehead atoms. The van der Waals surface area contributed by atoms with Gasteiger partial charge in [0.05, 0.1) is 0 Å². The number of fused-ring (bicyclic) bond motifs is 1. The first kappa shape index (κ1) is 13.6. The van der Waals surface area contributed by atoms with Gasteiger partial charge in [-0.25, -0.2) is 0 Å². The normalized spacial score (nSPS) is 17.8. The van der Waals surface area contributed by atoms with Crippen molar-refractivity contribution in [3.05, 3.63) is 35.4 Å². The average Bonchev–Trinajstić information content (AvgIpc) is 2.64. The number of ether oxygens (including phenoxy) is 1. The zero-order chi connectivity index (χ0) is 14.0. The summed E-state index contributed by atoms with van der Waals surface area (Å²) < 4.78 is 5.49. The Morgan fingerprint density at radius 2 is 2.05 bits per heavy atom. The molecule has 1 heterocycles. The van der Waals surface area contributed by atoms with Crippen LogP contribution in [0.4, 0.5) is 0 Å². The highest BCUT2D eigenvalue weighted by atomic mass is 16.6. The molecule has 0 fully saturated rings. The molecule has 0 saturated carbocycles. The molecule has 1 aromatic rings. The molecule has 0 spiro atoms. The van der Waals surface area contributed by atoms with Gasteiger partial charge in [0.15, 0.2) is 0 Å². The lowest BCUT2D eigenvalue weighted by Crippen LogP contribution is -2.36. The van der Waals surface area contributed by atoms with Crippen molar-refractivity contribution < 1.29 is 14.3 Å². The van der Waals surface area contributed by atoms with Crippen molar-refractivity contribution >= 4 is 11.9 Å². The van der Waals surface area contributed by atoms with Gasteiger partial charge in [-0.15, -0.1) is 0 Å². The molecular formula is C15H19NO3. The molecule has 1 amide bonds. The van der Waals surface area contributed by atoms with Crippen LogP contribution in [0.1, 0.15) is 55.8 Å². The maximum atomic E-state index is 12.3. The van der Waals surface area contributed by atoms with Gasteiger partial charge in [-0.2, -0.15) is 0 Å². The van der Waals surface area contributed by atoms with E-state index in [0.29, 0.717) is 12.0 Å². The van der Waals surface area contributed by atoms with Crippen LogP contribution in [-0.2, 0) is 9.53 Å². The molecule has 1 atom stereocenters. The molecule has 1 aliphatic heterocycles.